The summed E-state index contributed by atoms with van der Waals surface area (Å²) in [5.74, 6) is 0.252. The molecule has 0 saturated carbocycles. The molecule has 0 radical (unpaired) electrons. The zero-order valence-electron chi connectivity index (χ0n) is 9.31. The lowest BCUT2D eigenvalue weighted by atomic mass is 9.93. The number of aliphatic hydroxyl groups is 1. The van der Waals surface area contributed by atoms with E-state index in [1.165, 1.54) is 5.56 Å². The van der Waals surface area contributed by atoms with Gasteiger partial charge in [-0.2, -0.15) is 0 Å². The Bertz CT molecular complexity index is 335. The van der Waals surface area contributed by atoms with Crippen LogP contribution >= 0.6 is 0 Å². The number of benzene rings is 1. The van der Waals surface area contributed by atoms with Gasteiger partial charge in [0.2, 0.25) is 0 Å². The Labute approximate surface area is 90.9 Å². The highest BCUT2D eigenvalue weighted by Crippen LogP contribution is 2.31. The van der Waals surface area contributed by atoms with Crippen molar-refractivity contribution in [3.8, 4) is 0 Å². The van der Waals surface area contributed by atoms with Crippen LogP contribution in [0.5, 0.6) is 0 Å². The van der Waals surface area contributed by atoms with Gasteiger partial charge in [-0.1, -0.05) is 29.8 Å². The summed E-state index contributed by atoms with van der Waals surface area (Å²) in [5.41, 5.74) is 2.20. The fourth-order valence-electron chi connectivity index (χ4n) is 2.20. The second-order valence-electron chi connectivity index (χ2n) is 4.50. The zero-order chi connectivity index (χ0) is 10.8. The fraction of sp³-hybridized carbons (Fsp3) is 0.538. The van der Waals surface area contributed by atoms with Gasteiger partial charge < -0.3 is 9.84 Å². The summed E-state index contributed by atoms with van der Waals surface area (Å²) in [7, 11) is 0. The first-order chi connectivity index (χ1) is 7.16. The molecule has 0 bridgehead atoms. The Morgan fingerprint density at radius 2 is 2.27 bits per heavy atom. The van der Waals surface area contributed by atoms with Crippen molar-refractivity contribution in [1.29, 1.82) is 0 Å². The average molecular weight is 206 g/mol. The van der Waals surface area contributed by atoms with E-state index in [1.54, 1.807) is 0 Å². The van der Waals surface area contributed by atoms with Gasteiger partial charge in [-0.15, -0.1) is 0 Å². The predicted molar refractivity (Wildman–Crippen MR) is 59.7 cm³/mol. The lowest BCUT2D eigenvalue weighted by Crippen LogP contribution is -2.12. The molecule has 2 rings (SSSR count). The minimum Gasteiger partial charge on any atom is -0.388 e. The van der Waals surface area contributed by atoms with Crippen LogP contribution in [0.4, 0.5) is 0 Å². The zero-order valence-corrected chi connectivity index (χ0v) is 9.31. The Balaban J connectivity index is 2.10. The van der Waals surface area contributed by atoms with Gasteiger partial charge in [0.25, 0.3) is 0 Å². The van der Waals surface area contributed by atoms with Crippen molar-refractivity contribution >= 4 is 0 Å². The van der Waals surface area contributed by atoms with Crippen molar-refractivity contribution in [3.05, 3.63) is 35.4 Å². The molecule has 0 aliphatic carbocycles. The van der Waals surface area contributed by atoms with Crippen molar-refractivity contribution < 1.29 is 9.84 Å². The molecule has 1 N–H and O–H groups in total. The molecular formula is C13H18O2. The molecule has 0 spiro atoms. The lowest BCUT2D eigenvalue weighted by molar-refractivity contribution is 0.0804. The van der Waals surface area contributed by atoms with E-state index in [2.05, 4.69) is 6.92 Å². The van der Waals surface area contributed by atoms with E-state index >= 15 is 0 Å². The molecule has 1 aromatic carbocycles. The van der Waals surface area contributed by atoms with Gasteiger partial charge in [0.15, 0.2) is 0 Å². The fourth-order valence-corrected chi connectivity index (χ4v) is 2.20. The third kappa shape index (κ3) is 2.39. The SMILES string of the molecule is Cc1cccc(C(O)C2COC(C)C2)c1. The third-order valence-corrected chi connectivity index (χ3v) is 3.06. The summed E-state index contributed by atoms with van der Waals surface area (Å²) in [5, 5.41) is 10.2. The van der Waals surface area contributed by atoms with Crippen LogP contribution in [-0.4, -0.2) is 17.8 Å². The van der Waals surface area contributed by atoms with E-state index in [9.17, 15) is 5.11 Å². The van der Waals surface area contributed by atoms with Gasteiger partial charge in [-0.3, -0.25) is 0 Å². The Morgan fingerprint density at radius 3 is 2.87 bits per heavy atom. The van der Waals surface area contributed by atoms with Crippen molar-refractivity contribution in [2.45, 2.75) is 32.5 Å². The van der Waals surface area contributed by atoms with Gasteiger partial charge in [0.1, 0.15) is 0 Å². The minimum atomic E-state index is -0.380. The van der Waals surface area contributed by atoms with Crippen molar-refractivity contribution in [3.63, 3.8) is 0 Å². The predicted octanol–water partition coefficient (Wildman–Crippen LogP) is 2.45. The highest BCUT2D eigenvalue weighted by molar-refractivity contribution is 5.24. The van der Waals surface area contributed by atoms with Gasteiger partial charge in [0, 0.05) is 5.92 Å². The maximum Gasteiger partial charge on any atom is 0.0841 e. The molecule has 0 amide bonds. The monoisotopic (exact) mass is 206 g/mol. The first-order valence-electron chi connectivity index (χ1n) is 5.53. The van der Waals surface area contributed by atoms with E-state index in [0.717, 1.165) is 12.0 Å². The highest BCUT2D eigenvalue weighted by Gasteiger charge is 2.29. The first-order valence-corrected chi connectivity index (χ1v) is 5.53. The average Bonchev–Trinajstić information content (AvgIpc) is 2.64. The molecule has 82 valence electrons. The number of hydrogen-bond acceptors (Lipinski definition) is 2. The van der Waals surface area contributed by atoms with Gasteiger partial charge >= 0.3 is 0 Å². The number of ether oxygens (including phenoxy) is 1. The topological polar surface area (TPSA) is 29.5 Å². The van der Waals surface area contributed by atoms with Crippen LogP contribution in [0.1, 0.15) is 30.6 Å². The molecule has 0 aromatic heterocycles. The van der Waals surface area contributed by atoms with Crippen LogP contribution in [0, 0.1) is 12.8 Å². The molecule has 1 saturated heterocycles. The van der Waals surface area contributed by atoms with E-state index in [1.807, 2.05) is 31.2 Å². The molecule has 3 unspecified atom stereocenters. The largest absolute Gasteiger partial charge is 0.388 e. The molecule has 15 heavy (non-hydrogen) atoms. The number of aliphatic hydroxyl groups excluding tert-OH is 1. The summed E-state index contributed by atoms with van der Waals surface area (Å²) in [6.07, 6.45) is 0.860. The van der Waals surface area contributed by atoms with Crippen molar-refractivity contribution in [2.75, 3.05) is 6.61 Å². The number of aryl methyl sites for hydroxylation is 1. The summed E-state index contributed by atoms with van der Waals surface area (Å²) in [6.45, 7) is 4.78. The van der Waals surface area contributed by atoms with Gasteiger partial charge in [0.05, 0.1) is 18.8 Å². The van der Waals surface area contributed by atoms with E-state index in [0.29, 0.717) is 6.61 Å². The molecule has 2 heteroatoms. The van der Waals surface area contributed by atoms with Crippen molar-refractivity contribution in [2.24, 2.45) is 5.92 Å². The highest BCUT2D eigenvalue weighted by atomic mass is 16.5. The maximum atomic E-state index is 10.2. The number of rotatable bonds is 2. The van der Waals surface area contributed by atoms with E-state index in [-0.39, 0.29) is 18.1 Å². The molecule has 1 aliphatic heterocycles. The minimum absolute atomic E-state index is 0.252. The lowest BCUT2D eigenvalue weighted by Gasteiger charge is -2.17. The van der Waals surface area contributed by atoms with Gasteiger partial charge in [-0.05, 0) is 25.8 Å². The Kier molecular flexibility index (Phi) is 3.08. The van der Waals surface area contributed by atoms with Crippen molar-refractivity contribution in [1.82, 2.24) is 0 Å². The summed E-state index contributed by atoms with van der Waals surface area (Å²) >= 11 is 0. The third-order valence-electron chi connectivity index (χ3n) is 3.06. The summed E-state index contributed by atoms with van der Waals surface area (Å²) < 4.78 is 5.48. The second kappa shape index (κ2) is 4.33. The molecule has 1 aromatic rings. The summed E-state index contributed by atoms with van der Waals surface area (Å²) in [4.78, 5) is 0. The Morgan fingerprint density at radius 1 is 1.47 bits per heavy atom. The molecule has 1 heterocycles. The van der Waals surface area contributed by atoms with Crippen LogP contribution in [0.25, 0.3) is 0 Å². The number of hydrogen-bond donors (Lipinski definition) is 1. The van der Waals surface area contributed by atoms with Crippen LogP contribution < -0.4 is 0 Å². The second-order valence-corrected chi connectivity index (χ2v) is 4.50. The molecule has 3 atom stereocenters. The van der Waals surface area contributed by atoms with Crippen LogP contribution in [0.2, 0.25) is 0 Å². The molecule has 1 fully saturated rings. The molecule has 2 nitrogen and oxygen atoms in total. The molecule has 1 aliphatic rings. The van der Waals surface area contributed by atoms with Gasteiger partial charge in [-0.25, -0.2) is 0 Å². The smallest absolute Gasteiger partial charge is 0.0841 e. The van der Waals surface area contributed by atoms with E-state index in [4.69, 9.17) is 4.74 Å². The van der Waals surface area contributed by atoms with Crippen LogP contribution in [-0.2, 0) is 4.74 Å². The van der Waals surface area contributed by atoms with Crippen LogP contribution in [0.3, 0.4) is 0 Å². The van der Waals surface area contributed by atoms with E-state index < -0.39 is 0 Å². The normalized spacial score (nSPS) is 27.9. The van der Waals surface area contributed by atoms with Crippen LogP contribution in [0.15, 0.2) is 24.3 Å². The first kappa shape index (κ1) is 10.7. The Hall–Kier alpha value is -0.860. The maximum absolute atomic E-state index is 10.2. The standard InChI is InChI=1S/C13H18O2/c1-9-4-3-5-11(6-9)13(14)12-7-10(2)15-8-12/h3-6,10,12-14H,7-8H2,1-2H3. The molecular weight excluding hydrogens is 188 g/mol. The quantitative estimate of drug-likeness (QED) is 0.805. The summed E-state index contributed by atoms with van der Waals surface area (Å²) in [6, 6.07) is 8.07.